The molecule has 158 valence electrons. The molecule has 2 atom stereocenters. The van der Waals surface area contributed by atoms with Gasteiger partial charge in [-0.15, -0.1) is 0 Å². The summed E-state index contributed by atoms with van der Waals surface area (Å²) in [5.74, 6) is 1.85. The van der Waals surface area contributed by atoms with E-state index in [1.807, 2.05) is 17.0 Å². The van der Waals surface area contributed by atoms with Gasteiger partial charge in [-0.2, -0.15) is 0 Å². The van der Waals surface area contributed by atoms with E-state index in [1.165, 1.54) is 18.5 Å². The molecule has 3 aromatic heterocycles. The number of nitrogens with one attached hydrogen (secondary N) is 1. The number of rotatable bonds is 7. The number of halogens is 1. The number of hydrogen-bond donors (Lipinski definition) is 1. The first-order chi connectivity index (χ1) is 15.2. The van der Waals surface area contributed by atoms with Crippen LogP contribution in [0, 0.1) is 23.6 Å². The van der Waals surface area contributed by atoms with Gasteiger partial charge >= 0.3 is 0 Å². The predicted molar refractivity (Wildman–Crippen MR) is 111 cm³/mol. The summed E-state index contributed by atoms with van der Waals surface area (Å²) in [6.07, 6.45) is 11.7. The maximum Gasteiger partial charge on any atom is 0.264 e. The number of nitrogens with zero attached hydrogens (tertiary/aromatic N) is 5. The normalized spacial score (nSPS) is 22.0. The SMILES string of the molecule is O=C(/C=C/c1cccnc1)NCCC1C2CN(c3nc(-c4ncco4)ncc3F)CC12. The molecule has 1 saturated heterocycles. The molecule has 9 heteroatoms. The lowest BCUT2D eigenvalue weighted by Gasteiger charge is -2.21. The molecule has 0 radical (unpaired) electrons. The lowest BCUT2D eigenvalue weighted by Crippen LogP contribution is -2.28. The third-order valence-electron chi connectivity index (χ3n) is 5.91. The predicted octanol–water partition coefficient (Wildman–Crippen LogP) is 2.57. The van der Waals surface area contributed by atoms with Crippen LogP contribution in [0.4, 0.5) is 10.2 Å². The van der Waals surface area contributed by atoms with Crippen LogP contribution in [0.5, 0.6) is 0 Å². The Morgan fingerprint density at radius 1 is 1.26 bits per heavy atom. The molecule has 1 aliphatic carbocycles. The number of oxazole rings is 1. The second kappa shape index (κ2) is 8.25. The Labute approximate surface area is 178 Å². The molecular weight excluding hydrogens is 399 g/mol. The van der Waals surface area contributed by atoms with Gasteiger partial charge in [0, 0.05) is 38.1 Å². The average Bonchev–Trinajstić information content (AvgIpc) is 3.20. The number of pyridine rings is 1. The maximum absolute atomic E-state index is 14.3. The highest BCUT2D eigenvalue weighted by molar-refractivity contribution is 5.91. The Hall–Kier alpha value is -3.62. The second-order valence-corrected chi connectivity index (χ2v) is 7.80. The van der Waals surface area contributed by atoms with Crippen LogP contribution in [0.15, 0.2) is 53.7 Å². The van der Waals surface area contributed by atoms with Gasteiger partial charge in [-0.05, 0) is 41.9 Å². The summed E-state index contributed by atoms with van der Waals surface area (Å²) in [5.41, 5.74) is 0.886. The number of aromatic nitrogens is 4. The minimum Gasteiger partial charge on any atom is -0.442 e. The zero-order chi connectivity index (χ0) is 21.2. The van der Waals surface area contributed by atoms with Crippen molar-refractivity contribution in [3.8, 4) is 11.7 Å². The fourth-order valence-electron chi connectivity index (χ4n) is 4.33. The monoisotopic (exact) mass is 420 g/mol. The third kappa shape index (κ3) is 4.16. The van der Waals surface area contributed by atoms with Crippen LogP contribution in [0.3, 0.4) is 0 Å². The minimum atomic E-state index is -0.444. The first kappa shape index (κ1) is 19.3. The van der Waals surface area contributed by atoms with E-state index in [0.717, 1.165) is 31.3 Å². The summed E-state index contributed by atoms with van der Waals surface area (Å²) in [6.45, 7) is 2.14. The van der Waals surface area contributed by atoms with Crippen LogP contribution in [-0.4, -0.2) is 45.5 Å². The molecule has 3 aromatic rings. The van der Waals surface area contributed by atoms with Gasteiger partial charge < -0.3 is 14.6 Å². The van der Waals surface area contributed by atoms with Crippen molar-refractivity contribution in [2.45, 2.75) is 6.42 Å². The van der Waals surface area contributed by atoms with E-state index >= 15 is 0 Å². The molecule has 0 aromatic carbocycles. The van der Waals surface area contributed by atoms with Crippen LogP contribution >= 0.6 is 0 Å². The lowest BCUT2D eigenvalue weighted by atomic mass is 10.2. The molecule has 5 rings (SSSR count). The van der Waals surface area contributed by atoms with Crippen molar-refractivity contribution in [3.05, 3.63) is 60.6 Å². The Morgan fingerprint density at radius 3 is 2.87 bits per heavy atom. The van der Waals surface area contributed by atoms with E-state index < -0.39 is 5.82 Å². The molecule has 2 aliphatic rings. The van der Waals surface area contributed by atoms with E-state index in [1.54, 1.807) is 18.5 Å². The summed E-state index contributed by atoms with van der Waals surface area (Å²) < 4.78 is 19.5. The summed E-state index contributed by atoms with van der Waals surface area (Å²) in [6, 6.07) is 3.72. The van der Waals surface area contributed by atoms with Crippen molar-refractivity contribution in [2.24, 2.45) is 17.8 Å². The molecule has 1 saturated carbocycles. The van der Waals surface area contributed by atoms with Gasteiger partial charge in [0.25, 0.3) is 5.89 Å². The molecule has 2 fully saturated rings. The third-order valence-corrected chi connectivity index (χ3v) is 5.91. The van der Waals surface area contributed by atoms with E-state index in [-0.39, 0.29) is 17.6 Å². The average molecular weight is 420 g/mol. The van der Waals surface area contributed by atoms with Crippen molar-refractivity contribution in [3.63, 3.8) is 0 Å². The van der Waals surface area contributed by atoms with Crippen molar-refractivity contribution < 1.29 is 13.6 Å². The number of carbonyl (C=O) groups excluding carboxylic acids is 1. The second-order valence-electron chi connectivity index (χ2n) is 7.80. The number of amides is 1. The van der Waals surface area contributed by atoms with Crippen LogP contribution in [-0.2, 0) is 4.79 Å². The van der Waals surface area contributed by atoms with Crippen molar-refractivity contribution in [2.75, 3.05) is 24.5 Å². The first-order valence-corrected chi connectivity index (χ1v) is 10.2. The quantitative estimate of drug-likeness (QED) is 0.587. The van der Waals surface area contributed by atoms with E-state index in [2.05, 4.69) is 25.3 Å². The van der Waals surface area contributed by atoms with Gasteiger partial charge in [-0.3, -0.25) is 9.78 Å². The fraction of sp³-hybridized carbons (Fsp3) is 0.318. The molecule has 0 spiro atoms. The number of fused-ring (bicyclic) bond motifs is 1. The molecule has 1 aliphatic heterocycles. The first-order valence-electron chi connectivity index (χ1n) is 10.2. The topological polar surface area (TPSA) is 97.0 Å². The minimum absolute atomic E-state index is 0.113. The van der Waals surface area contributed by atoms with Crippen LogP contribution in [0.2, 0.25) is 0 Å². The molecular formula is C22H21FN6O2. The van der Waals surface area contributed by atoms with Crippen LogP contribution in [0.1, 0.15) is 12.0 Å². The van der Waals surface area contributed by atoms with E-state index in [9.17, 15) is 9.18 Å². The molecule has 31 heavy (non-hydrogen) atoms. The molecule has 1 amide bonds. The summed E-state index contributed by atoms with van der Waals surface area (Å²) >= 11 is 0. The molecule has 4 heterocycles. The van der Waals surface area contributed by atoms with Gasteiger partial charge in [0.05, 0.1) is 12.4 Å². The Balaban J connectivity index is 1.10. The van der Waals surface area contributed by atoms with Gasteiger partial charge in [0.15, 0.2) is 11.6 Å². The smallest absolute Gasteiger partial charge is 0.264 e. The van der Waals surface area contributed by atoms with E-state index in [4.69, 9.17) is 4.42 Å². The highest BCUT2D eigenvalue weighted by atomic mass is 19.1. The number of hydrogen-bond acceptors (Lipinski definition) is 7. The Bertz CT molecular complexity index is 1080. The van der Waals surface area contributed by atoms with Crippen LogP contribution < -0.4 is 10.2 Å². The zero-order valence-electron chi connectivity index (χ0n) is 16.7. The summed E-state index contributed by atoms with van der Waals surface area (Å²) in [7, 11) is 0. The van der Waals surface area contributed by atoms with Crippen molar-refractivity contribution in [1.29, 1.82) is 0 Å². The largest absolute Gasteiger partial charge is 0.442 e. The van der Waals surface area contributed by atoms with Gasteiger partial charge in [0.1, 0.15) is 6.26 Å². The molecule has 2 unspecified atom stereocenters. The maximum atomic E-state index is 14.3. The van der Waals surface area contributed by atoms with Gasteiger partial charge in [0.2, 0.25) is 11.7 Å². The molecule has 8 nitrogen and oxygen atoms in total. The van der Waals surface area contributed by atoms with Gasteiger partial charge in [-0.25, -0.2) is 19.3 Å². The highest BCUT2D eigenvalue weighted by Crippen LogP contribution is 2.54. The van der Waals surface area contributed by atoms with Crippen LogP contribution in [0.25, 0.3) is 17.8 Å². The summed E-state index contributed by atoms with van der Waals surface area (Å²) in [4.78, 5) is 30.3. The zero-order valence-corrected chi connectivity index (χ0v) is 16.7. The standard InChI is InChI=1S/C22H21FN6O2/c23-18-11-27-20(22-26-8-9-31-22)28-21(18)29-12-16-15(17(16)13-29)5-7-25-19(30)4-3-14-2-1-6-24-10-14/h1-4,6,8-11,15-17H,5,7,12-13H2,(H,25,30)/b4-3+. The molecule has 0 bridgehead atoms. The van der Waals surface area contributed by atoms with Crippen molar-refractivity contribution in [1.82, 2.24) is 25.3 Å². The summed E-state index contributed by atoms with van der Waals surface area (Å²) in [5, 5.41) is 2.93. The molecule has 1 N–H and O–H groups in total. The Morgan fingerprint density at radius 2 is 2.13 bits per heavy atom. The number of carbonyl (C=O) groups is 1. The Kier molecular flexibility index (Phi) is 5.15. The van der Waals surface area contributed by atoms with Gasteiger partial charge in [-0.1, -0.05) is 6.07 Å². The number of anilines is 1. The lowest BCUT2D eigenvalue weighted by molar-refractivity contribution is -0.116. The van der Waals surface area contributed by atoms with E-state index in [0.29, 0.717) is 30.1 Å². The number of piperidine rings is 1. The van der Waals surface area contributed by atoms with Crippen molar-refractivity contribution >= 4 is 17.8 Å². The highest BCUT2D eigenvalue weighted by Gasteiger charge is 2.55. The fourth-order valence-corrected chi connectivity index (χ4v) is 4.33.